The first-order valence-electron chi connectivity index (χ1n) is 7.47. The van der Waals surface area contributed by atoms with Crippen molar-refractivity contribution in [2.24, 2.45) is 0 Å². The molecule has 1 amide bonds. The Hall–Kier alpha value is -2.67. The molecule has 0 atom stereocenters. The van der Waals surface area contributed by atoms with Crippen molar-refractivity contribution in [3.63, 3.8) is 0 Å². The van der Waals surface area contributed by atoms with E-state index in [1.54, 1.807) is 29.0 Å². The molecule has 2 heterocycles. The summed E-state index contributed by atoms with van der Waals surface area (Å²) in [6.45, 7) is 0.662. The van der Waals surface area contributed by atoms with E-state index in [-0.39, 0.29) is 5.91 Å². The maximum atomic E-state index is 12.0. The van der Waals surface area contributed by atoms with Crippen LogP contribution in [0.3, 0.4) is 0 Å². The van der Waals surface area contributed by atoms with E-state index in [1.807, 2.05) is 42.6 Å². The summed E-state index contributed by atoms with van der Waals surface area (Å²) in [5.74, 6) is 1.18. The number of hydrogen-bond donors (Lipinski definition) is 1. The number of pyridine rings is 1. The second-order valence-electron chi connectivity index (χ2n) is 5.19. The van der Waals surface area contributed by atoms with E-state index in [9.17, 15) is 4.79 Å². The summed E-state index contributed by atoms with van der Waals surface area (Å²) in [7, 11) is 0. The van der Waals surface area contributed by atoms with Crippen molar-refractivity contribution in [2.75, 3.05) is 11.1 Å². The molecule has 3 aromatic rings. The number of amides is 1. The number of hydrogen-bond acceptors (Lipinski definition) is 5. The molecule has 0 saturated carbocycles. The number of anilines is 1. The van der Waals surface area contributed by atoms with Gasteiger partial charge in [-0.25, -0.2) is 9.67 Å². The molecule has 0 spiro atoms. The first-order chi connectivity index (χ1) is 11.8. The van der Waals surface area contributed by atoms with Gasteiger partial charge in [0.25, 0.3) is 0 Å². The average Bonchev–Trinajstić information content (AvgIpc) is 3.11. The molecule has 1 aromatic carbocycles. The standard InChI is InChI=1S/C17H17N5OS/c23-17(11-24-10-15-2-1-7-18-8-15)21-16-5-3-14(4-6-16)9-22-13-19-12-20-22/h1-8,12-13H,9-11H2,(H,21,23). The highest BCUT2D eigenvalue weighted by atomic mass is 32.2. The second kappa shape index (κ2) is 8.26. The van der Waals surface area contributed by atoms with Gasteiger partial charge in [-0.1, -0.05) is 18.2 Å². The smallest absolute Gasteiger partial charge is 0.234 e. The number of nitrogens with zero attached hydrogens (tertiary/aromatic N) is 4. The Morgan fingerprint density at radius 3 is 2.71 bits per heavy atom. The third-order valence-corrected chi connectivity index (χ3v) is 4.28. The summed E-state index contributed by atoms with van der Waals surface area (Å²) in [5.41, 5.74) is 3.02. The van der Waals surface area contributed by atoms with Crippen LogP contribution >= 0.6 is 11.8 Å². The minimum Gasteiger partial charge on any atom is -0.325 e. The summed E-state index contributed by atoms with van der Waals surface area (Å²) in [5, 5.41) is 6.97. The largest absolute Gasteiger partial charge is 0.325 e. The molecule has 0 bridgehead atoms. The van der Waals surface area contributed by atoms with E-state index in [4.69, 9.17) is 0 Å². The monoisotopic (exact) mass is 339 g/mol. The van der Waals surface area contributed by atoms with Gasteiger partial charge in [0.15, 0.2) is 0 Å². The lowest BCUT2D eigenvalue weighted by molar-refractivity contribution is -0.113. The summed E-state index contributed by atoms with van der Waals surface area (Å²) in [6.07, 6.45) is 6.75. The first-order valence-corrected chi connectivity index (χ1v) is 8.63. The molecule has 3 rings (SSSR count). The fourth-order valence-corrected chi connectivity index (χ4v) is 2.90. The molecular formula is C17H17N5OS. The molecule has 122 valence electrons. The van der Waals surface area contributed by atoms with E-state index < -0.39 is 0 Å². The van der Waals surface area contributed by atoms with Gasteiger partial charge in [0, 0.05) is 23.8 Å². The second-order valence-corrected chi connectivity index (χ2v) is 6.18. The SMILES string of the molecule is O=C(CSCc1cccnc1)Nc1ccc(Cn2cncn2)cc1. The maximum Gasteiger partial charge on any atom is 0.234 e. The molecule has 0 unspecified atom stereocenters. The first kappa shape index (κ1) is 16.2. The van der Waals surface area contributed by atoms with Crippen LogP contribution in [0.4, 0.5) is 5.69 Å². The van der Waals surface area contributed by atoms with Gasteiger partial charge in [0.05, 0.1) is 12.3 Å². The van der Waals surface area contributed by atoms with E-state index in [0.717, 1.165) is 22.6 Å². The molecule has 0 radical (unpaired) electrons. The van der Waals surface area contributed by atoms with Crippen LogP contribution < -0.4 is 5.32 Å². The minimum atomic E-state index is -0.00656. The number of carbonyl (C=O) groups is 1. The Morgan fingerprint density at radius 1 is 1.12 bits per heavy atom. The van der Waals surface area contributed by atoms with Gasteiger partial charge in [-0.3, -0.25) is 9.78 Å². The summed E-state index contributed by atoms with van der Waals surface area (Å²) in [4.78, 5) is 19.9. The molecular weight excluding hydrogens is 322 g/mol. The Bertz CT molecular complexity index is 759. The van der Waals surface area contributed by atoms with Crippen molar-refractivity contribution < 1.29 is 4.79 Å². The molecule has 6 nitrogen and oxygen atoms in total. The molecule has 7 heteroatoms. The molecule has 0 saturated heterocycles. The van der Waals surface area contributed by atoms with Crippen LogP contribution in [-0.2, 0) is 17.1 Å². The number of carbonyl (C=O) groups excluding carboxylic acids is 1. The van der Waals surface area contributed by atoms with E-state index in [0.29, 0.717) is 12.3 Å². The number of benzene rings is 1. The van der Waals surface area contributed by atoms with Gasteiger partial charge in [0.2, 0.25) is 5.91 Å². The third kappa shape index (κ3) is 4.92. The Balaban J connectivity index is 1.44. The van der Waals surface area contributed by atoms with Crippen LogP contribution in [0.5, 0.6) is 0 Å². The molecule has 0 aliphatic carbocycles. The van der Waals surface area contributed by atoms with Gasteiger partial charge >= 0.3 is 0 Å². The number of thioether (sulfide) groups is 1. The zero-order valence-electron chi connectivity index (χ0n) is 13.0. The van der Waals surface area contributed by atoms with Crippen LogP contribution in [0.15, 0.2) is 61.4 Å². The maximum absolute atomic E-state index is 12.0. The zero-order valence-corrected chi connectivity index (χ0v) is 13.8. The third-order valence-electron chi connectivity index (χ3n) is 3.27. The van der Waals surface area contributed by atoms with E-state index in [2.05, 4.69) is 20.4 Å². The van der Waals surface area contributed by atoms with Gasteiger partial charge < -0.3 is 5.32 Å². The van der Waals surface area contributed by atoms with Crippen LogP contribution in [0.2, 0.25) is 0 Å². The molecule has 1 N–H and O–H groups in total. The van der Waals surface area contributed by atoms with Gasteiger partial charge in [-0.2, -0.15) is 5.10 Å². The van der Waals surface area contributed by atoms with Crippen LogP contribution in [-0.4, -0.2) is 31.4 Å². The predicted octanol–water partition coefficient (Wildman–Crippen LogP) is 2.59. The summed E-state index contributed by atoms with van der Waals surface area (Å²) < 4.78 is 1.75. The normalized spacial score (nSPS) is 10.5. The number of aromatic nitrogens is 4. The van der Waals surface area contributed by atoms with Gasteiger partial charge in [-0.15, -0.1) is 11.8 Å². The summed E-state index contributed by atoms with van der Waals surface area (Å²) >= 11 is 1.57. The Morgan fingerprint density at radius 2 is 2.00 bits per heavy atom. The summed E-state index contributed by atoms with van der Waals surface area (Å²) in [6, 6.07) is 11.6. The fraction of sp³-hybridized carbons (Fsp3) is 0.176. The lowest BCUT2D eigenvalue weighted by Gasteiger charge is -2.07. The molecule has 24 heavy (non-hydrogen) atoms. The highest BCUT2D eigenvalue weighted by Gasteiger charge is 2.04. The quantitative estimate of drug-likeness (QED) is 0.716. The Kier molecular flexibility index (Phi) is 5.57. The lowest BCUT2D eigenvalue weighted by Crippen LogP contribution is -2.14. The van der Waals surface area contributed by atoms with Crippen molar-refractivity contribution in [1.82, 2.24) is 19.7 Å². The van der Waals surface area contributed by atoms with Crippen molar-refractivity contribution in [2.45, 2.75) is 12.3 Å². The van der Waals surface area contributed by atoms with E-state index in [1.165, 1.54) is 6.33 Å². The van der Waals surface area contributed by atoms with E-state index >= 15 is 0 Å². The molecule has 0 aliphatic heterocycles. The highest BCUT2D eigenvalue weighted by Crippen LogP contribution is 2.13. The number of nitrogens with one attached hydrogen (secondary N) is 1. The minimum absolute atomic E-state index is 0.00656. The number of rotatable bonds is 7. The van der Waals surface area contributed by atoms with Gasteiger partial charge in [-0.05, 0) is 29.3 Å². The molecule has 2 aromatic heterocycles. The van der Waals surface area contributed by atoms with Crippen molar-refractivity contribution >= 4 is 23.4 Å². The van der Waals surface area contributed by atoms with Gasteiger partial charge in [0.1, 0.15) is 12.7 Å². The topological polar surface area (TPSA) is 72.7 Å². The lowest BCUT2D eigenvalue weighted by atomic mass is 10.2. The molecule has 0 aliphatic rings. The van der Waals surface area contributed by atoms with Crippen LogP contribution in [0.25, 0.3) is 0 Å². The highest BCUT2D eigenvalue weighted by molar-refractivity contribution is 7.99. The van der Waals surface area contributed by atoms with Crippen molar-refractivity contribution in [3.8, 4) is 0 Å². The Labute approximate surface area is 144 Å². The van der Waals surface area contributed by atoms with Crippen LogP contribution in [0, 0.1) is 0 Å². The zero-order chi connectivity index (χ0) is 16.6. The van der Waals surface area contributed by atoms with Crippen molar-refractivity contribution in [1.29, 1.82) is 0 Å². The fourth-order valence-electron chi connectivity index (χ4n) is 2.14. The predicted molar refractivity (Wildman–Crippen MR) is 94.6 cm³/mol. The van der Waals surface area contributed by atoms with Crippen LogP contribution in [0.1, 0.15) is 11.1 Å². The molecule has 0 fully saturated rings. The average molecular weight is 339 g/mol. The van der Waals surface area contributed by atoms with Crippen molar-refractivity contribution in [3.05, 3.63) is 72.6 Å².